The van der Waals surface area contributed by atoms with E-state index in [1.807, 2.05) is 0 Å². The maximum Gasteiger partial charge on any atom is 0.236 e. The summed E-state index contributed by atoms with van der Waals surface area (Å²) in [5.41, 5.74) is 10.5. The van der Waals surface area contributed by atoms with Gasteiger partial charge in [0.25, 0.3) is 0 Å². The molecule has 1 aliphatic heterocycles. The van der Waals surface area contributed by atoms with Gasteiger partial charge >= 0.3 is 0 Å². The van der Waals surface area contributed by atoms with Crippen molar-refractivity contribution in [2.24, 2.45) is 16.6 Å². The van der Waals surface area contributed by atoms with Gasteiger partial charge in [0.05, 0.1) is 5.54 Å². The first kappa shape index (κ1) is 15.1. The van der Waals surface area contributed by atoms with E-state index in [4.69, 9.17) is 11.5 Å². The minimum absolute atomic E-state index is 0.0315. The molecule has 1 unspecified atom stereocenters. The van der Waals surface area contributed by atoms with E-state index in [-0.39, 0.29) is 28.2 Å². The highest BCUT2D eigenvalue weighted by molar-refractivity contribution is 8.15. The lowest BCUT2D eigenvalue weighted by Gasteiger charge is -2.33. The monoisotopic (exact) mass is 326 g/mol. The van der Waals surface area contributed by atoms with Crippen molar-refractivity contribution in [2.75, 3.05) is 12.8 Å². The van der Waals surface area contributed by atoms with Crippen LogP contribution in [0.3, 0.4) is 0 Å². The van der Waals surface area contributed by atoms with Crippen molar-refractivity contribution in [1.82, 2.24) is 5.32 Å². The molecule has 0 spiro atoms. The van der Waals surface area contributed by atoms with Gasteiger partial charge in [-0.15, -0.1) is 0 Å². The molecule has 3 atom stereocenters. The number of aliphatic imine (C=N–C) groups is 1. The number of carbonyl (C=O) groups is 1. The van der Waals surface area contributed by atoms with Crippen molar-refractivity contribution in [3.05, 3.63) is 29.3 Å². The van der Waals surface area contributed by atoms with Crippen LogP contribution in [0.25, 0.3) is 0 Å². The average molecular weight is 326 g/mol. The molecule has 0 bridgehead atoms. The summed E-state index contributed by atoms with van der Waals surface area (Å²) in [5.74, 6) is -2.49. The Morgan fingerprint density at radius 2 is 2.14 bits per heavy atom. The third-order valence-electron chi connectivity index (χ3n) is 4.43. The molecule has 2 aliphatic rings. The number of anilines is 1. The van der Waals surface area contributed by atoms with E-state index < -0.39 is 21.9 Å². The number of halogens is 2. The number of nitrogens with zero attached hydrogens (tertiary/aromatic N) is 1. The lowest BCUT2D eigenvalue weighted by Crippen LogP contribution is -2.43. The molecule has 1 amide bonds. The molecule has 0 aromatic heterocycles. The highest BCUT2D eigenvalue weighted by Crippen LogP contribution is 2.66. The molecule has 5 nitrogen and oxygen atoms in total. The summed E-state index contributed by atoms with van der Waals surface area (Å²) in [7, 11) is 1.53. The number of nitrogens with two attached hydrogens (primary N) is 2. The largest absolute Gasteiger partial charge is 0.399 e. The third-order valence-corrected chi connectivity index (χ3v) is 5.73. The first-order valence-electron chi connectivity index (χ1n) is 6.76. The van der Waals surface area contributed by atoms with E-state index >= 15 is 0 Å². The van der Waals surface area contributed by atoms with Crippen molar-refractivity contribution >= 4 is 28.5 Å². The molecule has 5 N–H and O–H groups in total. The Labute approximate surface area is 130 Å². The number of nitrogens with one attached hydrogen (secondary N) is 1. The van der Waals surface area contributed by atoms with Crippen LogP contribution in [0.5, 0.6) is 0 Å². The SMILES string of the molecule is CNC(=O)[C@]12CC1[C@@](C)(c1cc(N)cc(F)c1F)N=C(N)S2. The van der Waals surface area contributed by atoms with Gasteiger partial charge in [-0.25, -0.2) is 8.78 Å². The normalized spacial score (nSPS) is 32.9. The molecule has 1 aliphatic carbocycles. The van der Waals surface area contributed by atoms with Crippen LogP contribution in [0.1, 0.15) is 18.9 Å². The zero-order valence-electron chi connectivity index (χ0n) is 12.1. The molecule has 1 fully saturated rings. The van der Waals surface area contributed by atoms with Gasteiger partial charge in [0.2, 0.25) is 5.91 Å². The maximum absolute atomic E-state index is 14.3. The smallest absolute Gasteiger partial charge is 0.236 e. The van der Waals surface area contributed by atoms with Crippen LogP contribution >= 0.6 is 11.8 Å². The zero-order valence-corrected chi connectivity index (χ0v) is 12.9. The summed E-state index contributed by atoms with van der Waals surface area (Å²) >= 11 is 1.17. The van der Waals surface area contributed by atoms with E-state index in [9.17, 15) is 13.6 Å². The highest BCUT2D eigenvalue weighted by atomic mass is 32.2. The molecule has 1 aromatic carbocycles. The van der Waals surface area contributed by atoms with Gasteiger partial charge in [0, 0.05) is 24.2 Å². The number of amides is 1. The zero-order chi connectivity index (χ0) is 16.3. The Morgan fingerprint density at radius 1 is 1.45 bits per heavy atom. The number of fused-ring (bicyclic) bond motifs is 1. The number of thioether (sulfide) groups is 1. The van der Waals surface area contributed by atoms with Crippen LogP contribution in [0.4, 0.5) is 14.5 Å². The average Bonchev–Trinajstić information content (AvgIpc) is 3.18. The summed E-state index contributed by atoms with van der Waals surface area (Å²) in [4.78, 5) is 16.5. The number of hydrogen-bond acceptors (Lipinski definition) is 5. The fourth-order valence-corrected chi connectivity index (χ4v) is 4.69. The molecule has 22 heavy (non-hydrogen) atoms. The predicted octanol–water partition coefficient (Wildman–Crippen LogP) is 1.33. The van der Waals surface area contributed by atoms with Crippen LogP contribution < -0.4 is 16.8 Å². The topological polar surface area (TPSA) is 93.5 Å². The summed E-state index contributed by atoms with van der Waals surface area (Å²) in [5, 5.41) is 2.78. The van der Waals surface area contributed by atoms with Gasteiger partial charge in [0.15, 0.2) is 16.8 Å². The fraction of sp³-hybridized carbons (Fsp3) is 0.429. The minimum Gasteiger partial charge on any atom is -0.399 e. The van der Waals surface area contributed by atoms with E-state index in [0.29, 0.717) is 6.42 Å². The van der Waals surface area contributed by atoms with Gasteiger partial charge < -0.3 is 16.8 Å². The number of amidine groups is 1. The van der Waals surface area contributed by atoms with Crippen molar-refractivity contribution < 1.29 is 13.6 Å². The van der Waals surface area contributed by atoms with E-state index in [2.05, 4.69) is 10.3 Å². The second-order valence-corrected chi connectivity index (χ2v) is 7.14. The summed E-state index contributed by atoms with van der Waals surface area (Å²) in [6.45, 7) is 1.66. The number of nitrogen functional groups attached to an aromatic ring is 1. The molecule has 1 saturated carbocycles. The molecule has 3 rings (SSSR count). The van der Waals surface area contributed by atoms with E-state index in [0.717, 1.165) is 6.07 Å². The molecule has 118 valence electrons. The summed E-state index contributed by atoms with van der Waals surface area (Å²) in [6, 6.07) is 2.28. The maximum atomic E-state index is 14.3. The van der Waals surface area contributed by atoms with E-state index in [1.165, 1.54) is 24.9 Å². The van der Waals surface area contributed by atoms with Crippen molar-refractivity contribution in [3.63, 3.8) is 0 Å². The predicted molar refractivity (Wildman–Crippen MR) is 82.2 cm³/mol. The lowest BCUT2D eigenvalue weighted by molar-refractivity contribution is -0.121. The number of rotatable bonds is 2. The first-order chi connectivity index (χ1) is 10.2. The van der Waals surface area contributed by atoms with Crippen LogP contribution in [0.15, 0.2) is 17.1 Å². The Bertz CT molecular complexity index is 710. The Morgan fingerprint density at radius 3 is 2.77 bits per heavy atom. The van der Waals surface area contributed by atoms with Gasteiger partial charge in [-0.05, 0) is 25.5 Å². The second kappa shape index (κ2) is 4.58. The van der Waals surface area contributed by atoms with Crippen molar-refractivity contribution in [1.29, 1.82) is 0 Å². The molecule has 0 radical (unpaired) electrons. The van der Waals surface area contributed by atoms with Crippen LogP contribution in [-0.2, 0) is 10.3 Å². The second-order valence-electron chi connectivity index (χ2n) is 5.79. The fourth-order valence-electron chi connectivity index (χ4n) is 3.26. The molecular weight excluding hydrogens is 310 g/mol. The van der Waals surface area contributed by atoms with Gasteiger partial charge in [-0.3, -0.25) is 9.79 Å². The molecule has 8 heteroatoms. The number of benzene rings is 1. The summed E-state index contributed by atoms with van der Waals surface area (Å²) in [6.07, 6.45) is 0.494. The van der Waals surface area contributed by atoms with Crippen molar-refractivity contribution in [2.45, 2.75) is 23.6 Å². The van der Waals surface area contributed by atoms with Crippen LogP contribution in [0, 0.1) is 17.6 Å². The van der Waals surface area contributed by atoms with E-state index in [1.54, 1.807) is 6.92 Å². The standard InChI is InChI=1S/C14H16F2N4OS/c1-13(7-3-6(17)4-8(15)10(7)16)9-5-14(9,11(21)19-2)22-12(18)20-13/h3-4,9H,5,17H2,1-2H3,(H2,18,20)(H,19,21)/t9?,13-,14+/m1/s1. The summed E-state index contributed by atoms with van der Waals surface area (Å²) < 4.78 is 27.2. The van der Waals surface area contributed by atoms with Crippen LogP contribution in [0.2, 0.25) is 0 Å². The molecular formula is C14H16F2N4OS. The quantitative estimate of drug-likeness (QED) is 0.715. The Kier molecular flexibility index (Phi) is 3.14. The Hall–Kier alpha value is -1.83. The molecule has 0 saturated heterocycles. The molecule has 1 aromatic rings. The Balaban J connectivity index is 2.14. The first-order valence-corrected chi connectivity index (χ1v) is 7.58. The van der Waals surface area contributed by atoms with Crippen LogP contribution in [-0.4, -0.2) is 22.9 Å². The number of hydrogen-bond donors (Lipinski definition) is 3. The number of carbonyl (C=O) groups excluding carboxylic acids is 1. The van der Waals surface area contributed by atoms with Gasteiger partial charge in [-0.1, -0.05) is 11.8 Å². The minimum atomic E-state index is -1.12. The van der Waals surface area contributed by atoms with Gasteiger partial charge in [-0.2, -0.15) is 0 Å². The third kappa shape index (κ3) is 1.89. The van der Waals surface area contributed by atoms with Crippen molar-refractivity contribution in [3.8, 4) is 0 Å². The molecule has 1 heterocycles. The van der Waals surface area contributed by atoms with Gasteiger partial charge in [0.1, 0.15) is 4.75 Å². The lowest BCUT2D eigenvalue weighted by atomic mass is 9.85. The highest BCUT2D eigenvalue weighted by Gasteiger charge is 2.70.